The first-order valence-corrected chi connectivity index (χ1v) is 8.57. The molecular formula is C11H16O6P2. The van der Waals surface area contributed by atoms with Crippen molar-refractivity contribution in [2.45, 2.75) is 0 Å². The molecule has 0 atom stereocenters. The molecule has 0 aliphatic carbocycles. The molecule has 0 unspecified atom stereocenters. The van der Waals surface area contributed by atoms with Crippen LogP contribution in [-0.2, 0) is 9.13 Å². The highest BCUT2D eigenvalue weighted by Crippen LogP contribution is 2.36. The number of allylic oxidation sites excluding steroid dienone is 1. The predicted octanol–water partition coefficient (Wildman–Crippen LogP) is 2.19. The van der Waals surface area contributed by atoms with E-state index in [0.29, 0.717) is 0 Å². The molecule has 0 saturated carbocycles. The van der Waals surface area contributed by atoms with Crippen LogP contribution in [0.3, 0.4) is 0 Å². The van der Waals surface area contributed by atoms with Gasteiger partial charge in [-0.25, -0.2) is 0 Å². The quantitative estimate of drug-likeness (QED) is 0.500. The molecule has 0 aliphatic heterocycles. The van der Waals surface area contributed by atoms with Crippen molar-refractivity contribution in [3.63, 3.8) is 0 Å². The van der Waals surface area contributed by atoms with Crippen molar-refractivity contribution in [1.29, 1.82) is 0 Å². The number of hydrogen-bond donors (Lipinski definition) is 4. The number of benzene rings is 1. The van der Waals surface area contributed by atoms with Crippen molar-refractivity contribution in [3.8, 4) is 0 Å². The summed E-state index contributed by atoms with van der Waals surface area (Å²) in [4.78, 5) is 33.1. The molecule has 1 rings (SSSR count). The van der Waals surface area contributed by atoms with Gasteiger partial charge >= 0.3 is 15.2 Å². The molecule has 0 aliphatic rings. The molecule has 0 spiro atoms. The summed E-state index contributed by atoms with van der Waals surface area (Å²) in [5.41, 5.74) is 0.779. The van der Waals surface area contributed by atoms with Gasteiger partial charge in [0.25, 0.3) is 0 Å². The molecule has 0 bridgehead atoms. The van der Waals surface area contributed by atoms with Crippen molar-refractivity contribution in [2.75, 3.05) is 6.16 Å². The fraction of sp³-hybridized carbons (Fsp3) is 0.0909. The van der Waals surface area contributed by atoms with Crippen LogP contribution in [0.5, 0.6) is 0 Å². The third-order valence-electron chi connectivity index (χ3n) is 1.63. The van der Waals surface area contributed by atoms with Crippen molar-refractivity contribution in [2.24, 2.45) is 0 Å². The zero-order valence-corrected chi connectivity index (χ0v) is 11.8. The molecule has 0 aromatic heterocycles. The lowest BCUT2D eigenvalue weighted by Crippen LogP contribution is -1.78. The Morgan fingerprint density at radius 1 is 1.05 bits per heavy atom. The number of hydrogen-bond acceptors (Lipinski definition) is 2. The van der Waals surface area contributed by atoms with E-state index in [-0.39, 0.29) is 6.16 Å². The first-order valence-electron chi connectivity index (χ1n) is 5.09. The fourth-order valence-electron chi connectivity index (χ4n) is 0.915. The minimum Gasteiger partial charge on any atom is -0.324 e. The second-order valence-corrected chi connectivity index (χ2v) is 6.62. The van der Waals surface area contributed by atoms with E-state index in [0.717, 1.165) is 11.4 Å². The Bertz CT molecular complexity index is 499. The van der Waals surface area contributed by atoms with Gasteiger partial charge in [-0.05, 0) is 11.6 Å². The number of rotatable bonds is 4. The van der Waals surface area contributed by atoms with Crippen LogP contribution in [0.15, 0.2) is 48.8 Å². The van der Waals surface area contributed by atoms with Gasteiger partial charge in [0.05, 0.1) is 6.16 Å². The molecule has 1 aromatic rings. The van der Waals surface area contributed by atoms with Crippen LogP contribution in [-0.4, -0.2) is 25.7 Å². The summed E-state index contributed by atoms with van der Waals surface area (Å²) in [5.74, 6) is 0.891. The van der Waals surface area contributed by atoms with Crippen molar-refractivity contribution < 1.29 is 28.7 Å². The molecule has 8 heteroatoms. The molecule has 4 N–H and O–H groups in total. The molecule has 106 valence electrons. The van der Waals surface area contributed by atoms with E-state index in [4.69, 9.17) is 19.6 Å². The van der Waals surface area contributed by atoms with Crippen LogP contribution in [0.4, 0.5) is 0 Å². The summed E-state index contributed by atoms with van der Waals surface area (Å²) in [7, 11) is -7.80. The van der Waals surface area contributed by atoms with Crippen LogP contribution >= 0.6 is 15.2 Å². The predicted molar refractivity (Wildman–Crippen MR) is 74.6 cm³/mol. The molecule has 0 radical (unpaired) electrons. The Morgan fingerprint density at radius 2 is 1.58 bits per heavy atom. The standard InChI is InChI=1S/C8H9O3P.C3H7O3P/c9-12(10,11)7-6-8-4-2-1-3-5-8;1-2-3-7(4,5)6/h1-7H,(H2,9,10,11);2H,1,3H2,(H2,4,5,6). The van der Waals surface area contributed by atoms with Gasteiger partial charge in [0.15, 0.2) is 0 Å². The average molecular weight is 306 g/mol. The van der Waals surface area contributed by atoms with Gasteiger partial charge in [0.2, 0.25) is 0 Å². The Labute approximate surface area is 111 Å². The molecular weight excluding hydrogens is 290 g/mol. The Hall–Kier alpha value is -1.00. The topological polar surface area (TPSA) is 115 Å². The fourth-order valence-corrected chi connectivity index (χ4v) is 1.62. The highest BCUT2D eigenvalue weighted by Gasteiger charge is 2.07. The van der Waals surface area contributed by atoms with Crippen LogP contribution in [0.2, 0.25) is 0 Å². The Morgan fingerprint density at radius 3 is 1.89 bits per heavy atom. The molecule has 0 fully saturated rings. The van der Waals surface area contributed by atoms with Crippen LogP contribution in [0, 0.1) is 0 Å². The molecule has 0 heterocycles. The maximum absolute atomic E-state index is 10.4. The Balaban J connectivity index is 0.000000399. The second-order valence-electron chi connectivity index (χ2n) is 3.45. The van der Waals surface area contributed by atoms with Gasteiger partial charge in [-0.3, -0.25) is 9.13 Å². The van der Waals surface area contributed by atoms with Crippen molar-refractivity contribution >= 4 is 21.3 Å². The second kappa shape index (κ2) is 8.23. The summed E-state index contributed by atoms with van der Waals surface area (Å²) in [6, 6.07) is 8.99. The summed E-state index contributed by atoms with van der Waals surface area (Å²) in [6.07, 6.45) is 2.37. The summed E-state index contributed by atoms with van der Waals surface area (Å²) in [5, 5.41) is 0. The summed E-state index contributed by atoms with van der Waals surface area (Å²) < 4.78 is 20.3. The smallest absolute Gasteiger partial charge is 0.324 e. The average Bonchev–Trinajstić information content (AvgIpc) is 2.26. The van der Waals surface area contributed by atoms with Crippen LogP contribution < -0.4 is 0 Å². The first kappa shape index (κ1) is 18.0. The monoisotopic (exact) mass is 306 g/mol. The highest BCUT2D eigenvalue weighted by molar-refractivity contribution is 7.55. The van der Waals surface area contributed by atoms with Gasteiger partial charge in [0.1, 0.15) is 0 Å². The molecule has 0 saturated heterocycles. The normalized spacial score (nSPS) is 11.8. The minimum absolute atomic E-state index is 0.229. The summed E-state index contributed by atoms with van der Waals surface area (Å²) >= 11 is 0. The maximum Gasteiger partial charge on any atom is 0.349 e. The third-order valence-corrected chi connectivity index (χ3v) is 2.90. The molecule has 0 amide bonds. The van der Waals surface area contributed by atoms with E-state index in [1.807, 2.05) is 6.07 Å². The van der Waals surface area contributed by atoms with E-state index < -0.39 is 15.2 Å². The van der Waals surface area contributed by atoms with Crippen LogP contribution in [0.25, 0.3) is 6.08 Å². The van der Waals surface area contributed by atoms with Gasteiger partial charge in [-0.1, -0.05) is 36.4 Å². The van der Waals surface area contributed by atoms with Crippen LogP contribution in [0.1, 0.15) is 5.56 Å². The minimum atomic E-state index is -4.01. The largest absolute Gasteiger partial charge is 0.349 e. The van der Waals surface area contributed by atoms with Crippen molar-refractivity contribution in [1.82, 2.24) is 0 Å². The Kier molecular flexibility index (Phi) is 7.79. The lowest BCUT2D eigenvalue weighted by molar-refractivity contribution is 0.376. The van der Waals surface area contributed by atoms with Crippen molar-refractivity contribution in [3.05, 3.63) is 54.4 Å². The van der Waals surface area contributed by atoms with Gasteiger partial charge in [-0.2, -0.15) is 0 Å². The van der Waals surface area contributed by atoms with Gasteiger partial charge in [0, 0.05) is 5.82 Å². The van der Waals surface area contributed by atoms with E-state index in [9.17, 15) is 9.13 Å². The van der Waals surface area contributed by atoms with E-state index in [1.165, 1.54) is 12.2 Å². The summed E-state index contributed by atoms with van der Waals surface area (Å²) in [6.45, 7) is 3.15. The van der Waals surface area contributed by atoms with E-state index in [1.54, 1.807) is 24.3 Å². The van der Waals surface area contributed by atoms with E-state index >= 15 is 0 Å². The molecule has 6 nitrogen and oxygen atoms in total. The van der Waals surface area contributed by atoms with E-state index in [2.05, 4.69) is 6.58 Å². The lowest BCUT2D eigenvalue weighted by atomic mass is 10.2. The zero-order valence-electron chi connectivity index (χ0n) is 10.0. The highest BCUT2D eigenvalue weighted by atomic mass is 31.2. The first-order chi connectivity index (χ1) is 8.64. The molecule has 19 heavy (non-hydrogen) atoms. The van der Waals surface area contributed by atoms with Gasteiger partial charge < -0.3 is 19.6 Å². The van der Waals surface area contributed by atoms with Gasteiger partial charge in [-0.15, -0.1) is 6.58 Å². The zero-order chi connectivity index (χ0) is 14.9. The SMILES string of the molecule is C=CCP(=O)(O)O.O=P(O)(O)C=Cc1ccccc1. The third kappa shape index (κ3) is 13.2. The molecule has 1 aromatic carbocycles. The lowest BCUT2D eigenvalue weighted by Gasteiger charge is -1.94. The maximum atomic E-state index is 10.4.